The summed E-state index contributed by atoms with van der Waals surface area (Å²) in [5, 5.41) is 10.3. The van der Waals surface area contributed by atoms with E-state index in [1.807, 2.05) is 17.5 Å². The molecule has 98 valence electrons. The fourth-order valence-electron chi connectivity index (χ4n) is 1.91. The fourth-order valence-corrected chi connectivity index (χ4v) is 3.02. The van der Waals surface area contributed by atoms with Crippen molar-refractivity contribution in [3.63, 3.8) is 0 Å². The van der Waals surface area contributed by atoms with Crippen LogP contribution in [0.25, 0.3) is 0 Å². The van der Waals surface area contributed by atoms with Crippen LogP contribution in [0.5, 0.6) is 0 Å². The molecule has 1 aliphatic carbocycles. The molecule has 3 rings (SSSR count). The Labute approximate surface area is 125 Å². The molecule has 0 spiro atoms. The van der Waals surface area contributed by atoms with Crippen molar-refractivity contribution in [2.45, 2.75) is 18.4 Å². The molecule has 1 saturated carbocycles. The second-order valence-corrected chi connectivity index (χ2v) is 5.96. The van der Waals surface area contributed by atoms with Crippen molar-refractivity contribution in [2.24, 2.45) is 0 Å². The number of pyridine rings is 1. The average Bonchev–Trinajstić information content (AvgIpc) is 2.94. The molecule has 1 aliphatic rings. The van der Waals surface area contributed by atoms with Gasteiger partial charge < -0.3 is 10.6 Å². The van der Waals surface area contributed by atoms with Crippen LogP contribution in [0.4, 0.5) is 5.13 Å². The van der Waals surface area contributed by atoms with E-state index in [0.29, 0.717) is 17.1 Å². The van der Waals surface area contributed by atoms with Gasteiger partial charge in [-0.25, -0.2) is 4.98 Å². The Bertz CT molecular complexity index is 587. The minimum atomic E-state index is 0.298. The Hall–Kier alpha value is -1.24. The van der Waals surface area contributed by atoms with Gasteiger partial charge in [0.05, 0.1) is 10.7 Å². The van der Waals surface area contributed by atoms with Crippen molar-refractivity contribution in [1.82, 2.24) is 15.3 Å². The second-order valence-electron chi connectivity index (χ2n) is 4.25. The lowest BCUT2D eigenvalue weighted by atomic mass is 10.2. The van der Waals surface area contributed by atoms with E-state index in [1.54, 1.807) is 12.4 Å². The van der Waals surface area contributed by atoms with Gasteiger partial charge in [-0.2, -0.15) is 0 Å². The van der Waals surface area contributed by atoms with E-state index in [-0.39, 0.29) is 0 Å². The molecule has 0 radical (unpaired) electrons. The highest BCUT2D eigenvalue weighted by Gasteiger charge is 2.41. The summed E-state index contributed by atoms with van der Waals surface area (Å²) in [6.45, 7) is 0. The van der Waals surface area contributed by atoms with Crippen LogP contribution in [-0.2, 0) is 0 Å². The maximum absolute atomic E-state index is 6.13. The Morgan fingerprint density at radius 3 is 3.05 bits per heavy atom. The lowest BCUT2D eigenvalue weighted by Gasteiger charge is -2.08. The molecule has 2 aromatic rings. The van der Waals surface area contributed by atoms with Crippen LogP contribution in [-0.4, -0.2) is 21.1 Å². The fraction of sp³-hybridized carbons (Fsp3) is 0.250. The van der Waals surface area contributed by atoms with E-state index >= 15 is 0 Å². The highest BCUT2D eigenvalue weighted by atomic mass is 35.5. The molecule has 4 nitrogen and oxygen atoms in total. The number of rotatable bonds is 3. The van der Waals surface area contributed by atoms with Crippen LogP contribution in [0.3, 0.4) is 0 Å². The number of nitrogens with zero attached hydrogens (tertiary/aromatic N) is 2. The molecular weight excluding hydrogens is 300 g/mol. The molecule has 2 unspecified atom stereocenters. The van der Waals surface area contributed by atoms with Crippen molar-refractivity contribution in [1.29, 1.82) is 0 Å². The molecule has 0 bridgehead atoms. The summed E-state index contributed by atoms with van der Waals surface area (Å²) in [7, 11) is 0. The van der Waals surface area contributed by atoms with Gasteiger partial charge in [-0.1, -0.05) is 11.6 Å². The summed E-state index contributed by atoms with van der Waals surface area (Å²) < 4.78 is 0. The first kappa shape index (κ1) is 12.8. The molecule has 1 fully saturated rings. The number of halogens is 1. The van der Waals surface area contributed by atoms with E-state index in [1.165, 1.54) is 11.3 Å². The quantitative estimate of drug-likeness (QED) is 0.853. The van der Waals surface area contributed by atoms with E-state index in [9.17, 15) is 0 Å². The third-order valence-corrected chi connectivity index (χ3v) is 4.13. The third-order valence-electron chi connectivity index (χ3n) is 2.90. The highest BCUT2D eigenvalue weighted by molar-refractivity contribution is 7.80. The summed E-state index contributed by atoms with van der Waals surface area (Å²) in [5.74, 6) is 0.338. The minimum absolute atomic E-state index is 0.298. The predicted molar refractivity (Wildman–Crippen MR) is 81.9 cm³/mol. The molecule has 2 N–H and O–H groups in total. The Morgan fingerprint density at radius 2 is 2.32 bits per heavy atom. The first-order valence-corrected chi connectivity index (χ1v) is 7.48. The van der Waals surface area contributed by atoms with Gasteiger partial charge in [0.25, 0.3) is 0 Å². The summed E-state index contributed by atoms with van der Waals surface area (Å²) in [5.41, 5.74) is 0.943. The van der Waals surface area contributed by atoms with Gasteiger partial charge in [0.15, 0.2) is 10.2 Å². The first-order valence-electron chi connectivity index (χ1n) is 5.81. The largest absolute Gasteiger partial charge is 0.359 e. The molecule has 2 atom stereocenters. The van der Waals surface area contributed by atoms with Crippen LogP contribution >= 0.6 is 35.2 Å². The zero-order valence-electron chi connectivity index (χ0n) is 9.84. The maximum Gasteiger partial charge on any atom is 0.188 e. The number of anilines is 1. The summed E-state index contributed by atoms with van der Waals surface area (Å²) in [6.07, 6.45) is 4.50. The molecule has 2 heterocycles. The minimum Gasteiger partial charge on any atom is -0.359 e. The van der Waals surface area contributed by atoms with Crippen LogP contribution in [0, 0.1) is 0 Å². The number of aromatic nitrogens is 2. The summed E-state index contributed by atoms with van der Waals surface area (Å²) >= 11 is 12.9. The smallest absolute Gasteiger partial charge is 0.188 e. The molecule has 0 aromatic carbocycles. The van der Waals surface area contributed by atoms with E-state index in [2.05, 4.69) is 20.6 Å². The molecule has 0 saturated heterocycles. The van der Waals surface area contributed by atoms with Crippen molar-refractivity contribution in [2.75, 3.05) is 5.32 Å². The topological polar surface area (TPSA) is 49.8 Å². The standard InChI is InChI=1S/C12H11ClN4S2/c13-8-2-1-3-14-10(8)7-6-9(7)16-11(18)17-12-15-4-5-19-12/h1-5,7,9H,6H2,(H2,15,16,17,18). The Kier molecular flexibility index (Phi) is 3.63. The number of nitrogens with one attached hydrogen (secondary N) is 2. The normalized spacial score (nSPS) is 20.9. The van der Waals surface area contributed by atoms with Crippen LogP contribution in [0.1, 0.15) is 18.0 Å². The zero-order chi connectivity index (χ0) is 13.2. The van der Waals surface area contributed by atoms with Gasteiger partial charge in [-0.3, -0.25) is 4.98 Å². The number of thiocarbonyl (C=S) groups is 1. The Morgan fingerprint density at radius 1 is 1.42 bits per heavy atom. The SMILES string of the molecule is S=C(Nc1nccs1)NC1CC1c1ncccc1Cl. The van der Waals surface area contributed by atoms with E-state index in [0.717, 1.165) is 22.3 Å². The molecular formula is C12H11ClN4S2. The van der Waals surface area contributed by atoms with Crippen LogP contribution < -0.4 is 10.6 Å². The van der Waals surface area contributed by atoms with Crippen molar-refractivity contribution >= 4 is 45.4 Å². The summed E-state index contributed by atoms with van der Waals surface area (Å²) in [6, 6.07) is 4.00. The number of thiazole rings is 1. The molecule has 19 heavy (non-hydrogen) atoms. The Balaban J connectivity index is 1.56. The van der Waals surface area contributed by atoms with E-state index in [4.69, 9.17) is 23.8 Å². The van der Waals surface area contributed by atoms with Gasteiger partial charge in [-0.05, 0) is 30.8 Å². The van der Waals surface area contributed by atoms with Crippen LogP contribution in [0.2, 0.25) is 5.02 Å². The van der Waals surface area contributed by atoms with Crippen molar-refractivity contribution < 1.29 is 0 Å². The highest BCUT2D eigenvalue weighted by Crippen LogP contribution is 2.42. The summed E-state index contributed by atoms with van der Waals surface area (Å²) in [4.78, 5) is 8.45. The predicted octanol–water partition coefficient (Wildman–Crippen LogP) is 3.03. The van der Waals surface area contributed by atoms with Gasteiger partial charge in [-0.15, -0.1) is 11.3 Å². The monoisotopic (exact) mass is 310 g/mol. The number of hydrogen-bond donors (Lipinski definition) is 2. The molecule has 2 aromatic heterocycles. The third kappa shape index (κ3) is 3.02. The van der Waals surface area contributed by atoms with Crippen molar-refractivity contribution in [3.05, 3.63) is 40.6 Å². The number of hydrogen-bond acceptors (Lipinski definition) is 4. The van der Waals surface area contributed by atoms with Gasteiger partial charge in [0, 0.05) is 29.7 Å². The molecule has 0 amide bonds. The van der Waals surface area contributed by atoms with Crippen molar-refractivity contribution in [3.8, 4) is 0 Å². The van der Waals surface area contributed by atoms with Crippen LogP contribution in [0.15, 0.2) is 29.9 Å². The van der Waals surface area contributed by atoms with E-state index < -0.39 is 0 Å². The van der Waals surface area contributed by atoms with Gasteiger partial charge in [0.1, 0.15) is 0 Å². The van der Waals surface area contributed by atoms with Gasteiger partial charge >= 0.3 is 0 Å². The lowest BCUT2D eigenvalue weighted by molar-refractivity contribution is 0.859. The lowest BCUT2D eigenvalue weighted by Crippen LogP contribution is -2.31. The molecule has 0 aliphatic heterocycles. The zero-order valence-corrected chi connectivity index (χ0v) is 12.2. The first-order chi connectivity index (χ1) is 9.24. The maximum atomic E-state index is 6.13. The van der Waals surface area contributed by atoms with Gasteiger partial charge in [0.2, 0.25) is 0 Å². The molecule has 7 heteroatoms. The average molecular weight is 311 g/mol. The second kappa shape index (κ2) is 5.40.